The largest absolute Gasteiger partial charge is 0.493 e. The number of nitrogens with one attached hydrogen (secondary N) is 1. The molecular weight excluding hydrogens is 358 g/mol. The summed E-state index contributed by atoms with van der Waals surface area (Å²) in [6.45, 7) is 2.08. The van der Waals surface area contributed by atoms with E-state index in [0.717, 1.165) is 24.5 Å². The van der Waals surface area contributed by atoms with Gasteiger partial charge in [-0.3, -0.25) is 4.79 Å². The first-order chi connectivity index (χ1) is 13.6. The molecule has 1 N–H and O–H groups in total. The maximum atomic E-state index is 12.5. The van der Waals surface area contributed by atoms with Gasteiger partial charge in [0.2, 0.25) is 11.7 Å². The van der Waals surface area contributed by atoms with E-state index >= 15 is 0 Å². The third kappa shape index (κ3) is 4.65. The molecule has 0 unspecified atom stereocenters. The van der Waals surface area contributed by atoms with Crippen molar-refractivity contribution in [1.82, 2.24) is 4.98 Å². The molecular formula is C21H27N3O4. The van der Waals surface area contributed by atoms with Crippen molar-refractivity contribution in [1.29, 1.82) is 0 Å². The normalized spacial score (nSPS) is 13.8. The SMILES string of the molecule is COc1cc(CC(=O)Nc2ccc(N3CCCCC3)nc2)cc(OC)c1OC. The van der Waals surface area contributed by atoms with Crippen LogP contribution in [0.25, 0.3) is 0 Å². The molecule has 2 aromatic rings. The average molecular weight is 385 g/mol. The molecule has 0 radical (unpaired) electrons. The minimum atomic E-state index is -0.137. The number of methoxy groups -OCH3 is 3. The summed E-state index contributed by atoms with van der Waals surface area (Å²) < 4.78 is 16.0. The minimum Gasteiger partial charge on any atom is -0.493 e. The molecule has 0 aliphatic carbocycles. The number of pyridine rings is 1. The third-order valence-corrected chi connectivity index (χ3v) is 4.80. The van der Waals surface area contributed by atoms with Crippen LogP contribution in [0.5, 0.6) is 17.2 Å². The van der Waals surface area contributed by atoms with Gasteiger partial charge in [-0.2, -0.15) is 0 Å². The number of piperidine rings is 1. The summed E-state index contributed by atoms with van der Waals surface area (Å²) in [5.41, 5.74) is 1.45. The molecule has 2 heterocycles. The Morgan fingerprint density at radius 1 is 1.04 bits per heavy atom. The van der Waals surface area contributed by atoms with Gasteiger partial charge in [0.15, 0.2) is 11.5 Å². The highest BCUT2D eigenvalue weighted by Gasteiger charge is 2.16. The van der Waals surface area contributed by atoms with E-state index in [1.165, 1.54) is 19.3 Å². The molecule has 1 aromatic heterocycles. The molecule has 150 valence electrons. The van der Waals surface area contributed by atoms with Gasteiger partial charge in [0.05, 0.1) is 39.6 Å². The number of benzene rings is 1. The molecule has 7 heteroatoms. The molecule has 0 atom stereocenters. The Hall–Kier alpha value is -2.96. The van der Waals surface area contributed by atoms with Crippen molar-refractivity contribution in [3.05, 3.63) is 36.0 Å². The number of carbonyl (C=O) groups excluding carboxylic acids is 1. The number of ether oxygens (including phenoxy) is 3. The number of amides is 1. The Balaban J connectivity index is 1.65. The summed E-state index contributed by atoms with van der Waals surface area (Å²) >= 11 is 0. The number of hydrogen-bond donors (Lipinski definition) is 1. The van der Waals surface area contributed by atoms with Gasteiger partial charge in [0.25, 0.3) is 0 Å². The first kappa shape index (κ1) is 19.8. The standard InChI is InChI=1S/C21H27N3O4/c1-26-17-11-15(12-18(27-2)21(17)28-3)13-20(25)23-16-7-8-19(22-14-16)24-9-5-4-6-10-24/h7-8,11-12,14H,4-6,9-10,13H2,1-3H3,(H,23,25). The predicted octanol–water partition coefficient (Wildman–Crippen LogP) is 3.28. The molecule has 7 nitrogen and oxygen atoms in total. The highest BCUT2D eigenvalue weighted by Crippen LogP contribution is 2.38. The van der Waals surface area contributed by atoms with Gasteiger partial charge in [0.1, 0.15) is 5.82 Å². The van der Waals surface area contributed by atoms with Crippen LogP contribution in [-0.2, 0) is 11.2 Å². The first-order valence-electron chi connectivity index (χ1n) is 9.44. The van der Waals surface area contributed by atoms with Crippen LogP contribution >= 0.6 is 0 Å². The number of rotatable bonds is 7. The van der Waals surface area contributed by atoms with Crippen LogP contribution in [0.3, 0.4) is 0 Å². The van der Waals surface area contributed by atoms with Gasteiger partial charge in [-0.1, -0.05) is 0 Å². The molecule has 1 aliphatic rings. The Kier molecular flexibility index (Phi) is 6.57. The van der Waals surface area contributed by atoms with Crippen LogP contribution in [0.2, 0.25) is 0 Å². The summed E-state index contributed by atoms with van der Waals surface area (Å²) in [5, 5.41) is 2.89. The first-order valence-corrected chi connectivity index (χ1v) is 9.44. The summed E-state index contributed by atoms with van der Waals surface area (Å²) in [6.07, 6.45) is 5.58. The van der Waals surface area contributed by atoms with Gasteiger partial charge in [-0.15, -0.1) is 0 Å². The molecule has 1 aliphatic heterocycles. The van der Waals surface area contributed by atoms with Crippen molar-refractivity contribution in [3.63, 3.8) is 0 Å². The van der Waals surface area contributed by atoms with Crippen LogP contribution in [0, 0.1) is 0 Å². The van der Waals surface area contributed by atoms with Crippen molar-refractivity contribution in [2.45, 2.75) is 25.7 Å². The van der Waals surface area contributed by atoms with Crippen molar-refractivity contribution in [3.8, 4) is 17.2 Å². The van der Waals surface area contributed by atoms with Gasteiger partial charge in [-0.25, -0.2) is 4.98 Å². The van der Waals surface area contributed by atoms with Gasteiger partial charge >= 0.3 is 0 Å². The molecule has 1 saturated heterocycles. The lowest BCUT2D eigenvalue weighted by Crippen LogP contribution is -2.30. The fraction of sp³-hybridized carbons (Fsp3) is 0.429. The molecule has 0 saturated carbocycles. The molecule has 1 aromatic carbocycles. The van der Waals surface area contributed by atoms with E-state index in [9.17, 15) is 4.79 Å². The second kappa shape index (κ2) is 9.30. The van der Waals surface area contributed by atoms with E-state index in [-0.39, 0.29) is 12.3 Å². The van der Waals surface area contributed by atoms with Crippen LogP contribution in [0.4, 0.5) is 11.5 Å². The van der Waals surface area contributed by atoms with Crippen molar-refractivity contribution in [2.75, 3.05) is 44.6 Å². The summed E-state index contributed by atoms with van der Waals surface area (Å²) in [4.78, 5) is 19.2. The van der Waals surface area contributed by atoms with Crippen molar-refractivity contribution < 1.29 is 19.0 Å². The average Bonchev–Trinajstić information content (AvgIpc) is 2.74. The fourth-order valence-electron chi connectivity index (χ4n) is 3.40. The van der Waals surface area contributed by atoms with Gasteiger partial charge in [0, 0.05) is 13.1 Å². The number of hydrogen-bond acceptors (Lipinski definition) is 6. The molecule has 0 bridgehead atoms. The Morgan fingerprint density at radius 3 is 2.25 bits per heavy atom. The highest BCUT2D eigenvalue weighted by atomic mass is 16.5. The fourth-order valence-corrected chi connectivity index (χ4v) is 3.40. The molecule has 3 rings (SSSR count). The van der Waals surface area contributed by atoms with Crippen molar-refractivity contribution in [2.24, 2.45) is 0 Å². The third-order valence-electron chi connectivity index (χ3n) is 4.80. The molecule has 28 heavy (non-hydrogen) atoms. The second-order valence-electron chi connectivity index (χ2n) is 6.71. The predicted molar refractivity (Wildman–Crippen MR) is 109 cm³/mol. The highest BCUT2D eigenvalue weighted by molar-refractivity contribution is 5.92. The minimum absolute atomic E-state index is 0.137. The van der Waals surface area contributed by atoms with E-state index in [0.29, 0.717) is 22.9 Å². The molecule has 0 spiro atoms. The van der Waals surface area contributed by atoms with E-state index < -0.39 is 0 Å². The van der Waals surface area contributed by atoms with E-state index in [1.807, 2.05) is 12.1 Å². The zero-order valence-electron chi connectivity index (χ0n) is 16.7. The lowest BCUT2D eigenvalue weighted by molar-refractivity contribution is -0.115. The number of aromatic nitrogens is 1. The summed E-state index contributed by atoms with van der Waals surface area (Å²) in [7, 11) is 4.65. The maximum absolute atomic E-state index is 12.5. The molecule has 1 fully saturated rings. The van der Waals surface area contributed by atoms with Crippen LogP contribution in [-0.4, -0.2) is 45.3 Å². The molecule has 1 amide bonds. The van der Waals surface area contributed by atoms with E-state index in [1.54, 1.807) is 39.7 Å². The maximum Gasteiger partial charge on any atom is 0.228 e. The van der Waals surface area contributed by atoms with Crippen LogP contribution in [0.1, 0.15) is 24.8 Å². The van der Waals surface area contributed by atoms with Gasteiger partial charge in [-0.05, 0) is 49.1 Å². The van der Waals surface area contributed by atoms with Crippen molar-refractivity contribution >= 4 is 17.4 Å². The number of nitrogens with zero attached hydrogens (tertiary/aromatic N) is 2. The Labute approximate surface area is 165 Å². The number of carbonyl (C=O) groups is 1. The van der Waals surface area contributed by atoms with E-state index in [2.05, 4.69) is 15.2 Å². The lowest BCUT2D eigenvalue weighted by atomic mass is 10.1. The van der Waals surface area contributed by atoms with Gasteiger partial charge < -0.3 is 24.4 Å². The summed E-state index contributed by atoms with van der Waals surface area (Å²) in [5.74, 6) is 2.38. The Morgan fingerprint density at radius 2 is 1.71 bits per heavy atom. The van der Waals surface area contributed by atoms with Crippen LogP contribution in [0.15, 0.2) is 30.5 Å². The quantitative estimate of drug-likeness (QED) is 0.789. The lowest BCUT2D eigenvalue weighted by Gasteiger charge is -2.27. The zero-order chi connectivity index (χ0) is 19.9. The second-order valence-corrected chi connectivity index (χ2v) is 6.71. The smallest absolute Gasteiger partial charge is 0.228 e. The van der Waals surface area contributed by atoms with Crippen LogP contribution < -0.4 is 24.4 Å². The monoisotopic (exact) mass is 385 g/mol. The summed E-state index contributed by atoms with van der Waals surface area (Å²) in [6, 6.07) is 7.40. The zero-order valence-corrected chi connectivity index (χ0v) is 16.7. The Bertz CT molecular complexity index is 777. The topological polar surface area (TPSA) is 72.9 Å². The number of anilines is 2. The van der Waals surface area contributed by atoms with E-state index in [4.69, 9.17) is 14.2 Å².